The molecule has 3 N–H and O–H groups in total. The number of ether oxygens (including phenoxy) is 1. The number of rotatable bonds is 8. The lowest BCUT2D eigenvalue weighted by Crippen LogP contribution is -2.50. The number of benzene rings is 4. The van der Waals surface area contributed by atoms with Crippen LogP contribution < -0.4 is 15.4 Å². The summed E-state index contributed by atoms with van der Waals surface area (Å²) >= 11 is 0. The molecule has 0 aliphatic carbocycles. The maximum absolute atomic E-state index is 13.9. The van der Waals surface area contributed by atoms with Crippen molar-refractivity contribution >= 4 is 50.9 Å². The van der Waals surface area contributed by atoms with Crippen LogP contribution in [0.4, 0.5) is 16.2 Å². The van der Waals surface area contributed by atoms with Gasteiger partial charge in [-0.25, -0.2) is 4.79 Å². The number of para-hydroxylation sites is 1. The normalized spacial score (nSPS) is 16.9. The molecule has 2 heterocycles. The van der Waals surface area contributed by atoms with E-state index in [0.717, 1.165) is 27.2 Å². The Bertz CT molecular complexity index is 1980. The Labute approximate surface area is 279 Å². The maximum atomic E-state index is 13.9. The summed E-state index contributed by atoms with van der Waals surface area (Å²) in [5.74, 6) is -0.342. The fourth-order valence-electron chi connectivity index (χ4n) is 6.36. The third kappa shape index (κ3) is 6.70. The van der Waals surface area contributed by atoms with Gasteiger partial charge in [0.1, 0.15) is 11.9 Å². The number of aryl methyl sites for hydroxylation is 1. The zero-order chi connectivity index (χ0) is 33.9. The van der Waals surface area contributed by atoms with Crippen molar-refractivity contribution in [2.75, 3.05) is 37.4 Å². The molecule has 0 spiro atoms. The Morgan fingerprint density at radius 2 is 1.73 bits per heavy atom. The third-order valence-corrected chi connectivity index (χ3v) is 9.11. The Kier molecular flexibility index (Phi) is 9.36. The van der Waals surface area contributed by atoms with Crippen molar-refractivity contribution in [1.82, 2.24) is 14.4 Å². The van der Waals surface area contributed by atoms with Crippen LogP contribution in [0.25, 0.3) is 21.7 Å². The predicted octanol–water partition coefficient (Wildman–Crippen LogP) is 5.90. The van der Waals surface area contributed by atoms with Crippen molar-refractivity contribution in [2.45, 2.75) is 32.4 Å². The molecular weight excluding hydrogens is 606 g/mol. The molecule has 3 atom stereocenters. The zero-order valence-corrected chi connectivity index (χ0v) is 27.6. The fourth-order valence-corrected chi connectivity index (χ4v) is 6.36. The minimum absolute atomic E-state index is 0.170. The predicted molar refractivity (Wildman–Crippen MR) is 188 cm³/mol. The van der Waals surface area contributed by atoms with Crippen LogP contribution in [-0.2, 0) is 18.3 Å². The highest BCUT2D eigenvalue weighted by atomic mass is 16.5. The maximum Gasteiger partial charge on any atom is 0.321 e. The molecule has 1 aromatic heterocycles. The number of hydrogen-bond acceptors (Lipinski definition) is 5. The molecule has 1 aliphatic rings. The summed E-state index contributed by atoms with van der Waals surface area (Å²) in [6.07, 6.45) is 1.65. The number of urea groups is 1. The Balaban J connectivity index is 1.22. The molecule has 10 heteroatoms. The molecule has 4 amide bonds. The number of likely N-dealkylation sites (N-methyl/N-ethyl adjacent to an activating group) is 1. The molecule has 0 saturated carbocycles. The van der Waals surface area contributed by atoms with Crippen molar-refractivity contribution in [3.63, 3.8) is 0 Å². The summed E-state index contributed by atoms with van der Waals surface area (Å²) in [7, 11) is 3.66. The van der Waals surface area contributed by atoms with Gasteiger partial charge in [0.15, 0.2) is 0 Å². The number of amides is 4. The summed E-state index contributed by atoms with van der Waals surface area (Å²) in [4.78, 5) is 43.7. The quantitative estimate of drug-likeness (QED) is 0.194. The van der Waals surface area contributed by atoms with E-state index in [4.69, 9.17) is 4.74 Å². The largest absolute Gasteiger partial charge is 0.487 e. The molecule has 0 unspecified atom stereocenters. The van der Waals surface area contributed by atoms with Gasteiger partial charge in [0, 0.05) is 54.7 Å². The smallest absolute Gasteiger partial charge is 0.321 e. The van der Waals surface area contributed by atoms with Gasteiger partial charge < -0.3 is 34.8 Å². The Morgan fingerprint density at radius 1 is 1.00 bits per heavy atom. The first-order chi connectivity index (χ1) is 23.1. The summed E-state index contributed by atoms with van der Waals surface area (Å²) in [5.41, 5.74) is 3.40. The van der Waals surface area contributed by atoms with Crippen LogP contribution >= 0.6 is 0 Å². The molecule has 0 saturated heterocycles. The van der Waals surface area contributed by atoms with E-state index in [2.05, 4.69) is 10.6 Å². The van der Waals surface area contributed by atoms with Crippen molar-refractivity contribution in [2.24, 2.45) is 13.0 Å². The van der Waals surface area contributed by atoms with Crippen LogP contribution in [-0.4, -0.2) is 76.2 Å². The molecule has 0 fully saturated rings. The molecule has 0 bridgehead atoms. The number of nitrogens with one attached hydrogen (secondary N) is 2. The first-order valence-electron chi connectivity index (χ1n) is 16.2. The minimum Gasteiger partial charge on any atom is -0.487 e. The molecule has 5 aromatic rings. The molecule has 4 aromatic carbocycles. The monoisotopic (exact) mass is 647 g/mol. The van der Waals surface area contributed by atoms with Gasteiger partial charge in [-0.2, -0.15) is 0 Å². The van der Waals surface area contributed by atoms with Crippen LogP contribution in [0.3, 0.4) is 0 Å². The molecule has 10 nitrogen and oxygen atoms in total. The molecular formula is C38H41N5O5. The van der Waals surface area contributed by atoms with E-state index >= 15 is 0 Å². The second-order valence-electron chi connectivity index (χ2n) is 12.7. The van der Waals surface area contributed by atoms with E-state index in [1.807, 2.05) is 91.5 Å². The standard InChI is InChI=1S/C38H41N5O5/c1-24-20-43(25(2)23-44)37(46)31-19-28(39-36(45)18-27-21-41(3)33-15-8-7-13-30(27)33)16-17-34(31)48-35(24)22-42(4)38(47)40-32-14-9-11-26-10-5-6-12-29(26)32/h5-17,19,21,24-25,35,44H,18,20,22-23H2,1-4H3,(H,39,45)(H,40,47)/t24-,25+,35+/m0/s1. The molecule has 248 valence electrons. The van der Waals surface area contributed by atoms with E-state index in [0.29, 0.717) is 23.7 Å². The lowest BCUT2D eigenvalue weighted by atomic mass is 9.99. The Morgan fingerprint density at radius 3 is 2.52 bits per heavy atom. The topological polar surface area (TPSA) is 116 Å². The van der Waals surface area contributed by atoms with E-state index in [9.17, 15) is 19.5 Å². The molecule has 6 rings (SSSR count). The number of anilines is 2. The average molecular weight is 648 g/mol. The molecule has 0 radical (unpaired) electrons. The fraction of sp³-hybridized carbons (Fsp3) is 0.289. The van der Waals surface area contributed by atoms with E-state index < -0.39 is 12.1 Å². The molecule has 1 aliphatic heterocycles. The van der Waals surface area contributed by atoms with Gasteiger partial charge in [-0.3, -0.25) is 9.59 Å². The van der Waals surface area contributed by atoms with Crippen molar-refractivity contribution in [3.8, 4) is 5.75 Å². The highest BCUT2D eigenvalue weighted by molar-refractivity contribution is 6.02. The lowest BCUT2D eigenvalue weighted by molar-refractivity contribution is -0.115. The SMILES string of the molecule is C[C@H](CO)N1C[C@H](C)[C@@H](CN(C)C(=O)Nc2cccc3ccccc23)Oc2ccc(NC(=O)Cc3cn(C)c4ccccc34)cc2C1=O. The van der Waals surface area contributed by atoms with Crippen molar-refractivity contribution < 1.29 is 24.2 Å². The van der Waals surface area contributed by atoms with Crippen LogP contribution in [0.2, 0.25) is 0 Å². The van der Waals surface area contributed by atoms with E-state index in [1.165, 1.54) is 0 Å². The third-order valence-electron chi connectivity index (χ3n) is 9.11. The van der Waals surface area contributed by atoms with Gasteiger partial charge in [-0.1, -0.05) is 61.5 Å². The summed E-state index contributed by atoms with van der Waals surface area (Å²) < 4.78 is 8.48. The van der Waals surface area contributed by atoms with Gasteiger partial charge >= 0.3 is 6.03 Å². The summed E-state index contributed by atoms with van der Waals surface area (Å²) in [5, 5.41) is 19.0. The van der Waals surface area contributed by atoms with E-state index in [1.54, 1.807) is 42.0 Å². The molecule has 48 heavy (non-hydrogen) atoms. The Hall–Kier alpha value is -5.35. The second-order valence-corrected chi connectivity index (χ2v) is 12.7. The second kappa shape index (κ2) is 13.8. The van der Waals surface area contributed by atoms with Crippen LogP contribution in [0.15, 0.2) is 91.1 Å². The van der Waals surface area contributed by atoms with Crippen LogP contribution in [0.5, 0.6) is 5.75 Å². The van der Waals surface area contributed by atoms with Crippen molar-refractivity contribution in [1.29, 1.82) is 0 Å². The highest BCUT2D eigenvalue weighted by Gasteiger charge is 2.34. The number of carbonyl (C=O) groups excluding carboxylic acids is 3. The number of aromatic nitrogens is 1. The average Bonchev–Trinajstić information content (AvgIpc) is 3.40. The minimum atomic E-state index is -0.472. The first-order valence-corrected chi connectivity index (χ1v) is 16.2. The van der Waals surface area contributed by atoms with Gasteiger partial charge in [-0.15, -0.1) is 0 Å². The number of aliphatic hydroxyl groups excluding tert-OH is 1. The summed E-state index contributed by atoms with van der Waals surface area (Å²) in [6.45, 7) is 4.10. The van der Waals surface area contributed by atoms with Crippen molar-refractivity contribution in [3.05, 3.63) is 102 Å². The van der Waals surface area contributed by atoms with Gasteiger partial charge in [-0.05, 0) is 48.2 Å². The first kappa shape index (κ1) is 32.6. The number of nitrogens with zero attached hydrogens (tertiary/aromatic N) is 3. The van der Waals surface area contributed by atoms with Crippen LogP contribution in [0, 0.1) is 5.92 Å². The number of fused-ring (bicyclic) bond motifs is 3. The lowest BCUT2D eigenvalue weighted by Gasteiger charge is -2.38. The summed E-state index contributed by atoms with van der Waals surface area (Å²) in [6, 6.07) is 25.9. The number of hydrogen-bond donors (Lipinski definition) is 3. The number of carbonyl (C=O) groups is 3. The number of aliphatic hydroxyl groups is 1. The highest BCUT2D eigenvalue weighted by Crippen LogP contribution is 2.31. The zero-order valence-electron chi connectivity index (χ0n) is 27.6. The van der Waals surface area contributed by atoms with Crippen LogP contribution in [0.1, 0.15) is 29.8 Å². The van der Waals surface area contributed by atoms with E-state index in [-0.39, 0.29) is 48.9 Å². The van der Waals surface area contributed by atoms with Gasteiger partial charge in [0.2, 0.25) is 5.91 Å². The van der Waals surface area contributed by atoms with Gasteiger partial charge in [0.25, 0.3) is 5.91 Å². The van der Waals surface area contributed by atoms with Gasteiger partial charge in [0.05, 0.1) is 36.9 Å².